The monoisotopic (exact) mass is 559 g/mol. The SMILES string of the molecule is C=CCN(CC(=O)N1CCCN(c2ccc(-c3ccc(OC)cc3OC)nn2)CC1)C(=O)c1ccc2c(c1)OCO2. The number of rotatable bonds is 9. The van der Waals surface area contributed by atoms with E-state index in [2.05, 4.69) is 21.7 Å². The van der Waals surface area contributed by atoms with Crippen LogP contribution in [0.2, 0.25) is 0 Å². The van der Waals surface area contributed by atoms with Gasteiger partial charge in [0.05, 0.1) is 19.9 Å². The van der Waals surface area contributed by atoms with Gasteiger partial charge < -0.3 is 33.6 Å². The fourth-order valence-corrected chi connectivity index (χ4v) is 4.89. The smallest absolute Gasteiger partial charge is 0.254 e. The maximum absolute atomic E-state index is 13.3. The Bertz CT molecular complexity index is 1410. The van der Waals surface area contributed by atoms with E-state index >= 15 is 0 Å². The van der Waals surface area contributed by atoms with Crippen molar-refractivity contribution < 1.29 is 28.5 Å². The van der Waals surface area contributed by atoms with Crippen LogP contribution in [0.15, 0.2) is 61.2 Å². The topological polar surface area (TPSA) is 107 Å². The summed E-state index contributed by atoms with van der Waals surface area (Å²) < 4.78 is 21.5. The molecule has 1 aromatic heterocycles. The molecule has 3 aromatic rings. The summed E-state index contributed by atoms with van der Waals surface area (Å²) in [6.07, 6.45) is 2.38. The van der Waals surface area contributed by atoms with E-state index in [1.807, 2.05) is 30.3 Å². The van der Waals surface area contributed by atoms with Gasteiger partial charge in [0.15, 0.2) is 17.3 Å². The van der Waals surface area contributed by atoms with Crippen LogP contribution >= 0.6 is 0 Å². The van der Waals surface area contributed by atoms with Crippen LogP contribution in [-0.4, -0.2) is 92.1 Å². The molecule has 0 spiro atoms. The van der Waals surface area contributed by atoms with E-state index in [4.69, 9.17) is 18.9 Å². The van der Waals surface area contributed by atoms with Crippen molar-refractivity contribution in [2.75, 3.05) is 65.2 Å². The minimum atomic E-state index is -0.267. The van der Waals surface area contributed by atoms with Crippen molar-refractivity contribution in [1.29, 1.82) is 0 Å². The molecule has 11 heteroatoms. The molecular weight excluding hydrogens is 526 g/mol. The molecule has 2 amide bonds. The molecule has 2 aliphatic heterocycles. The second-order valence-electron chi connectivity index (χ2n) is 9.61. The quantitative estimate of drug-likeness (QED) is 0.365. The molecule has 0 atom stereocenters. The minimum absolute atomic E-state index is 0.0442. The molecule has 3 heterocycles. The number of hydrogen-bond donors (Lipinski definition) is 0. The van der Waals surface area contributed by atoms with Crippen LogP contribution in [0, 0.1) is 0 Å². The number of anilines is 1. The summed E-state index contributed by atoms with van der Waals surface area (Å²) in [4.78, 5) is 31.9. The number of fused-ring (bicyclic) bond motifs is 1. The van der Waals surface area contributed by atoms with Gasteiger partial charge in [-0.15, -0.1) is 16.8 Å². The summed E-state index contributed by atoms with van der Waals surface area (Å²) in [5.41, 5.74) is 1.94. The third kappa shape index (κ3) is 6.19. The summed E-state index contributed by atoms with van der Waals surface area (Å²) in [5.74, 6) is 2.82. The lowest BCUT2D eigenvalue weighted by Gasteiger charge is -2.26. The molecule has 0 N–H and O–H groups in total. The van der Waals surface area contributed by atoms with Gasteiger partial charge in [-0.3, -0.25) is 9.59 Å². The fourth-order valence-electron chi connectivity index (χ4n) is 4.89. The molecule has 0 bridgehead atoms. The number of amides is 2. The molecule has 0 radical (unpaired) electrons. The molecular formula is C30H33N5O6. The Balaban J connectivity index is 1.21. The van der Waals surface area contributed by atoms with Crippen molar-refractivity contribution in [3.63, 3.8) is 0 Å². The Kier molecular flexibility index (Phi) is 8.52. The molecule has 41 heavy (non-hydrogen) atoms. The predicted octanol–water partition coefficient (Wildman–Crippen LogP) is 3.26. The largest absolute Gasteiger partial charge is 0.497 e. The molecule has 0 aliphatic carbocycles. The van der Waals surface area contributed by atoms with Gasteiger partial charge in [-0.2, -0.15) is 0 Å². The molecule has 0 unspecified atom stereocenters. The van der Waals surface area contributed by atoms with Crippen molar-refractivity contribution in [1.82, 2.24) is 20.0 Å². The van der Waals surface area contributed by atoms with Gasteiger partial charge in [-0.25, -0.2) is 0 Å². The van der Waals surface area contributed by atoms with Gasteiger partial charge in [0.2, 0.25) is 12.7 Å². The summed E-state index contributed by atoms with van der Waals surface area (Å²) in [6.45, 7) is 6.52. The Hall–Kier alpha value is -4.80. The first-order valence-corrected chi connectivity index (χ1v) is 13.4. The number of nitrogens with zero attached hydrogens (tertiary/aromatic N) is 5. The van der Waals surface area contributed by atoms with E-state index in [0.29, 0.717) is 53.9 Å². The number of methoxy groups -OCH3 is 2. The highest BCUT2D eigenvalue weighted by Crippen LogP contribution is 2.33. The number of ether oxygens (including phenoxy) is 4. The highest BCUT2D eigenvalue weighted by molar-refractivity contribution is 5.97. The van der Waals surface area contributed by atoms with Crippen LogP contribution in [0.25, 0.3) is 11.3 Å². The van der Waals surface area contributed by atoms with E-state index in [0.717, 1.165) is 24.3 Å². The standard InChI is InChI=1S/C30H33N5O6/c1-4-12-35(30(37)21-6-10-25-27(17-21)41-20-40-25)19-29(36)34-14-5-13-33(15-16-34)28-11-9-24(31-32-28)23-8-7-22(38-2)18-26(23)39-3/h4,6-11,17-18H,1,5,12-16,19-20H2,2-3H3. The third-order valence-corrected chi connectivity index (χ3v) is 7.09. The van der Waals surface area contributed by atoms with Gasteiger partial charge in [0.1, 0.15) is 18.0 Å². The molecule has 1 fully saturated rings. The average Bonchev–Trinajstić information content (AvgIpc) is 3.34. The molecule has 5 rings (SSSR count). The van der Waals surface area contributed by atoms with E-state index in [1.54, 1.807) is 43.4 Å². The van der Waals surface area contributed by atoms with Crippen molar-refractivity contribution in [3.05, 3.63) is 66.7 Å². The molecule has 11 nitrogen and oxygen atoms in total. The lowest BCUT2D eigenvalue weighted by molar-refractivity contribution is -0.131. The molecule has 2 aromatic carbocycles. The summed E-state index contributed by atoms with van der Waals surface area (Å²) >= 11 is 0. The number of carbonyl (C=O) groups excluding carboxylic acids is 2. The van der Waals surface area contributed by atoms with Gasteiger partial charge in [0, 0.05) is 49.9 Å². The highest BCUT2D eigenvalue weighted by atomic mass is 16.7. The van der Waals surface area contributed by atoms with E-state index in [1.165, 1.54) is 4.90 Å². The number of carbonyl (C=O) groups is 2. The van der Waals surface area contributed by atoms with Crippen LogP contribution in [0.4, 0.5) is 5.82 Å². The van der Waals surface area contributed by atoms with Crippen LogP contribution in [-0.2, 0) is 4.79 Å². The normalized spacial score (nSPS) is 14.3. The highest BCUT2D eigenvalue weighted by Gasteiger charge is 2.25. The molecule has 214 valence electrons. The third-order valence-electron chi connectivity index (χ3n) is 7.09. The van der Waals surface area contributed by atoms with Crippen molar-refractivity contribution in [2.24, 2.45) is 0 Å². The maximum Gasteiger partial charge on any atom is 0.254 e. The Morgan fingerprint density at radius 2 is 1.83 bits per heavy atom. The van der Waals surface area contributed by atoms with E-state index in [-0.39, 0.29) is 31.7 Å². The Morgan fingerprint density at radius 3 is 2.59 bits per heavy atom. The summed E-state index contributed by atoms with van der Waals surface area (Å²) in [6, 6.07) is 14.4. The maximum atomic E-state index is 13.3. The van der Waals surface area contributed by atoms with Gasteiger partial charge in [-0.1, -0.05) is 6.08 Å². The van der Waals surface area contributed by atoms with Gasteiger partial charge >= 0.3 is 0 Å². The first kappa shape index (κ1) is 27.8. The molecule has 2 aliphatic rings. The molecule has 0 saturated carbocycles. The van der Waals surface area contributed by atoms with E-state index in [9.17, 15) is 9.59 Å². The van der Waals surface area contributed by atoms with E-state index < -0.39 is 0 Å². The minimum Gasteiger partial charge on any atom is -0.497 e. The zero-order valence-electron chi connectivity index (χ0n) is 23.2. The van der Waals surface area contributed by atoms with Crippen LogP contribution in [0.3, 0.4) is 0 Å². The van der Waals surface area contributed by atoms with Crippen molar-refractivity contribution in [2.45, 2.75) is 6.42 Å². The van der Waals surface area contributed by atoms with Crippen molar-refractivity contribution >= 4 is 17.6 Å². The first-order chi connectivity index (χ1) is 20.0. The van der Waals surface area contributed by atoms with Crippen LogP contribution < -0.4 is 23.8 Å². The predicted molar refractivity (Wildman–Crippen MR) is 153 cm³/mol. The fraction of sp³-hybridized carbons (Fsp3) is 0.333. The lowest BCUT2D eigenvalue weighted by atomic mass is 10.1. The average molecular weight is 560 g/mol. The van der Waals surface area contributed by atoms with Crippen molar-refractivity contribution in [3.8, 4) is 34.3 Å². The first-order valence-electron chi connectivity index (χ1n) is 13.4. The zero-order chi connectivity index (χ0) is 28.8. The second-order valence-corrected chi connectivity index (χ2v) is 9.61. The second kappa shape index (κ2) is 12.6. The van der Waals surface area contributed by atoms with Crippen LogP contribution in [0.1, 0.15) is 16.8 Å². The summed E-state index contributed by atoms with van der Waals surface area (Å²) in [7, 11) is 3.21. The zero-order valence-corrected chi connectivity index (χ0v) is 23.2. The van der Waals surface area contributed by atoms with Gasteiger partial charge in [-0.05, 0) is 48.9 Å². The van der Waals surface area contributed by atoms with Gasteiger partial charge in [0.25, 0.3) is 5.91 Å². The Morgan fingerprint density at radius 1 is 0.976 bits per heavy atom. The number of benzene rings is 2. The van der Waals surface area contributed by atoms with Crippen LogP contribution in [0.5, 0.6) is 23.0 Å². The number of hydrogen-bond acceptors (Lipinski definition) is 9. The lowest BCUT2D eigenvalue weighted by Crippen LogP contribution is -2.44. The molecule has 1 saturated heterocycles. The summed E-state index contributed by atoms with van der Waals surface area (Å²) in [5, 5.41) is 8.90. The Labute approximate surface area is 238 Å². The number of aromatic nitrogens is 2.